The van der Waals surface area contributed by atoms with E-state index in [1.165, 1.54) is 60.6 Å². The molecule has 7 aromatic carbocycles. The predicted octanol–water partition coefficient (Wildman–Crippen LogP) is 12.2. The first-order valence-corrected chi connectivity index (χ1v) is 16.4. The first kappa shape index (κ1) is 27.3. The van der Waals surface area contributed by atoms with E-state index in [2.05, 4.69) is 174 Å². The molecule has 2 nitrogen and oxygen atoms in total. The van der Waals surface area contributed by atoms with Crippen molar-refractivity contribution in [2.75, 3.05) is 0 Å². The Balaban J connectivity index is 1.33. The molecule has 8 aromatic rings. The highest BCUT2D eigenvalue weighted by Crippen LogP contribution is 2.45. The van der Waals surface area contributed by atoms with Gasteiger partial charge in [0.2, 0.25) is 0 Å². The van der Waals surface area contributed by atoms with Gasteiger partial charge in [0, 0.05) is 11.3 Å². The van der Waals surface area contributed by atoms with Crippen molar-refractivity contribution in [2.45, 2.75) is 12.8 Å². The van der Waals surface area contributed by atoms with Crippen molar-refractivity contribution in [3.05, 3.63) is 170 Å². The number of aromatic nitrogens is 2. The van der Waals surface area contributed by atoms with E-state index < -0.39 is 0 Å². The SMILES string of the molecule is C1=CC(n2c(-c3ccc4c(-c5ccc(-c6ccccc6)cc5)c5ccccc5c(-c5ccccc5)c4c3)nc3ccccc32)=CCC1. The molecular formula is C45H32N2. The normalized spacial score (nSPS) is 13.0. The Hall–Kier alpha value is -5.99. The summed E-state index contributed by atoms with van der Waals surface area (Å²) in [5.74, 6) is 0.965. The Morgan fingerprint density at radius 1 is 0.447 bits per heavy atom. The van der Waals surface area contributed by atoms with Crippen LogP contribution in [-0.4, -0.2) is 9.55 Å². The highest BCUT2D eigenvalue weighted by atomic mass is 15.1. The maximum Gasteiger partial charge on any atom is 0.145 e. The van der Waals surface area contributed by atoms with E-state index in [0.717, 1.165) is 35.3 Å². The third-order valence-corrected chi connectivity index (χ3v) is 9.42. The molecule has 0 amide bonds. The second-order valence-corrected chi connectivity index (χ2v) is 12.2. The van der Waals surface area contributed by atoms with Gasteiger partial charge in [-0.25, -0.2) is 4.98 Å². The van der Waals surface area contributed by atoms with E-state index in [0.29, 0.717) is 0 Å². The maximum absolute atomic E-state index is 5.24. The third kappa shape index (κ3) is 4.69. The molecule has 222 valence electrons. The Bertz CT molecular complexity index is 2480. The van der Waals surface area contributed by atoms with Crippen LogP contribution in [0.4, 0.5) is 0 Å². The predicted molar refractivity (Wildman–Crippen MR) is 199 cm³/mol. The van der Waals surface area contributed by atoms with Crippen molar-refractivity contribution >= 4 is 38.3 Å². The molecule has 2 heteroatoms. The van der Waals surface area contributed by atoms with Crippen LogP contribution in [0.1, 0.15) is 12.8 Å². The highest BCUT2D eigenvalue weighted by molar-refractivity contribution is 6.22. The van der Waals surface area contributed by atoms with E-state index in [1.807, 2.05) is 0 Å². The number of fused-ring (bicyclic) bond motifs is 3. The van der Waals surface area contributed by atoms with E-state index in [-0.39, 0.29) is 0 Å². The summed E-state index contributed by atoms with van der Waals surface area (Å²) in [4.78, 5) is 5.24. The van der Waals surface area contributed by atoms with Crippen molar-refractivity contribution < 1.29 is 0 Å². The van der Waals surface area contributed by atoms with Gasteiger partial charge in [0.15, 0.2) is 0 Å². The van der Waals surface area contributed by atoms with Crippen molar-refractivity contribution in [2.24, 2.45) is 0 Å². The lowest BCUT2D eigenvalue weighted by Crippen LogP contribution is -2.00. The van der Waals surface area contributed by atoms with Gasteiger partial charge in [-0.3, -0.25) is 4.57 Å². The Morgan fingerprint density at radius 3 is 1.72 bits per heavy atom. The van der Waals surface area contributed by atoms with Crippen molar-refractivity contribution in [3.63, 3.8) is 0 Å². The lowest BCUT2D eigenvalue weighted by atomic mass is 9.85. The second kappa shape index (κ2) is 11.4. The average Bonchev–Trinajstić information content (AvgIpc) is 3.54. The highest BCUT2D eigenvalue weighted by Gasteiger charge is 2.20. The third-order valence-electron chi connectivity index (χ3n) is 9.42. The smallest absolute Gasteiger partial charge is 0.145 e. The lowest BCUT2D eigenvalue weighted by Gasteiger charge is -2.19. The number of hydrogen-bond acceptors (Lipinski definition) is 1. The fourth-order valence-corrected chi connectivity index (χ4v) is 7.25. The minimum Gasteiger partial charge on any atom is -0.293 e. The topological polar surface area (TPSA) is 17.8 Å². The number of allylic oxidation sites excluding steroid dienone is 4. The van der Waals surface area contributed by atoms with Crippen LogP contribution in [0.5, 0.6) is 0 Å². The second-order valence-electron chi connectivity index (χ2n) is 12.2. The van der Waals surface area contributed by atoms with E-state index >= 15 is 0 Å². The summed E-state index contributed by atoms with van der Waals surface area (Å²) in [5, 5.41) is 4.96. The van der Waals surface area contributed by atoms with Crippen LogP contribution >= 0.6 is 0 Å². The number of hydrogen-bond donors (Lipinski definition) is 0. The molecule has 0 atom stereocenters. The first-order chi connectivity index (χ1) is 23.3. The minimum absolute atomic E-state index is 0.965. The van der Waals surface area contributed by atoms with Crippen LogP contribution in [0.25, 0.3) is 83.0 Å². The fraction of sp³-hybridized carbons (Fsp3) is 0.0444. The van der Waals surface area contributed by atoms with Crippen LogP contribution in [0.2, 0.25) is 0 Å². The molecule has 1 aliphatic rings. The van der Waals surface area contributed by atoms with Crippen molar-refractivity contribution in [1.29, 1.82) is 0 Å². The number of benzene rings is 7. The molecule has 0 aliphatic heterocycles. The summed E-state index contributed by atoms with van der Waals surface area (Å²) in [7, 11) is 0. The molecule has 0 bridgehead atoms. The Labute approximate surface area is 274 Å². The molecule has 1 heterocycles. The number of rotatable bonds is 5. The largest absolute Gasteiger partial charge is 0.293 e. The summed E-state index contributed by atoms with van der Waals surface area (Å²) in [6, 6.07) is 54.8. The lowest BCUT2D eigenvalue weighted by molar-refractivity contribution is 1.01. The summed E-state index contributed by atoms with van der Waals surface area (Å²) >= 11 is 0. The molecule has 1 aliphatic carbocycles. The summed E-state index contributed by atoms with van der Waals surface area (Å²) in [6.07, 6.45) is 8.94. The van der Waals surface area contributed by atoms with E-state index in [1.54, 1.807) is 0 Å². The quantitative estimate of drug-likeness (QED) is 0.180. The number of imidazole rings is 1. The van der Waals surface area contributed by atoms with Gasteiger partial charge in [-0.1, -0.05) is 146 Å². The van der Waals surface area contributed by atoms with Gasteiger partial charge in [-0.05, 0) is 92.0 Å². The molecule has 0 radical (unpaired) electrons. The minimum atomic E-state index is 0.965. The van der Waals surface area contributed by atoms with Gasteiger partial charge in [0.1, 0.15) is 5.82 Å². The summed E-state index contributed by atoms with van der Waals surface area (Å²) < 4.78 is 2.33. The molecule has 1 aromatic heterocycles. The van der Waals surface area contributed by atoms with Gasteiger partial charge < -0.3 is 0 Å². The fourth-order valence-electron chi connectivity index (χ4n) is 7.25. The molecule has 9 rings (SSSR count). The first-order valence-electron chi connectivity index (χ1n) is 16.4. The van der Waals surface area contributed by atoms with Crippen LogP contribution in [0, 0.1) is 0 Å². The average molecular weight is 601 g/mol. The Kier molecular flexibility index (Phi) is 6.64. The van der Waals surface area contributed by atoms with Crippen LogP contribution in [0.3, 0.4) is 0 Å². The monoisotopic (exact) mass is 600 g/mol. The van der Waals surface area contributed by atoms with Crippen LogP contribution < -0.4 is 0 Å². The number of nitrogens with zero attached hydrogens (tertiary/aromatic N) is 2. The van der Waals surface area contributed by atoms with Crippen LogP contribution in [-0.2, 0) is 0 Å². The number of para-hydroxylation sites is 2. The molecule has 0 unspecified atom stereocenters. The zero-order valence-electron chi connectivity index (χ0n) is 26.0. The molecular weight excluding hydrogens is 569 g/mol. The molecule has 0 spiro atoms. The standard InChI is InChI=1S/C45H32N2/c1-4-14-31(15-5-1)32-24-26-34(27-25-32)43-37-20-10-11-21-38(37)44(33-16-6-2-7-17-33)40-30-35(28-29-39(40)43)45-46-41-22-12-13-23-42(41)47(45)36-18-8-3-9-19-36/h1-2,4-8,10-30H,3,9H2. The maximum atomic E-state index is 5.24. The van der Waals surface area contributed by atoms with Gasteiger partial charge in [-0.15, -0.1) is 0 Å². The molecule has 0 N–H and O–H groups in total. The van der Waals surface area contributed by atoms with Gasteiger partial charge in [0.05, 0.1) is 11.0 Å². The Morgan fingerprint density at radius 2 is 1.00 bits per heavy atom. The summed E-state index contributed by atoms with van der Waals surface area (Å²) in [6.45, 7) is 0. The zero-order valence-corrected chi connectivity index (χ0v) is 26.0. The van der Waals surface area contributed by atoms with Gasteiger partial charge in [0.25, 0.3) is 0 Å². The van der Waals surface area contributed by atoms with Gasteiger partial charge >= 0.3 is 0 Å². The van der Waals surface area contributed by atoms with Crippen molar-refractivity contribution in [3.8, 4) is 44.8 Å². The summed E-state index contributed by atoms with van der Waals surface area (Å²) in [5.41, 5.74) is 11.8. The molecule has 47 heavy (non-hydrogen) atoms. The zero-order chi connectivity index (χ0) is 31.2. The van der Waals surface area contributed by atoms with E-state index in [9.17, 15) is 0 Å². The van der Waals surface area contributed by atoms with Crippen LogP contribution in [0.15, 0.2) is 170 Å². The van der Waals surface area contributed by atoms with Gasteiger partial charge in [-0.2, -0.15) is 0 Å². The molecule has 0 fully saturated rings. The van der Waals surface area contributed by atoms with E-state index in [4.69, 9.17) is 4.98 Å². The molecule has 0 saturated heterocycles. The molecule has 0 saturated carbocycles. The van der Waals surface area contributed by atoms with Crippen molar-refractivity contribution in [1.82, 2.24) is 9.55 Å².